The molecule has 10 nitrogen and oxygen atoms in total. The van der Waals surface area contributed by atoms with Gasteiger partial charge in [-0.3, -0.25) is 14.6 Å². The lowest BCUT2D eigenvalue weighted by Gasteiger charge is -2.16. The van der Waals surface area contributed by atoms with Crippen molar-refractivity contribution in [1.82, 2.24) is 35.8 Å². The second-order valence-corrected chi connectivity index (χ2v) is 13.7. The average Bonchev–Trinajstić information content (AvgIpc) is 3.83. The monoisotopic (exact) mass is 711 g/mol. The van der Waals surface area contributed by atoms with E-state index in [1.165, 1.54) is 0 Å². The third kappa shape index (κ3) is 7.07. The molecule has 2 aliphatic heterocycles. The Kier molecular flexibility index (Phi) is 10.1. The summed E-state index contributed by atoms with van der Waals surface area (Å²) in [6.45, 7) is 2.70. The van der Waals surface area contributed by atoms with Gasteiger partial charge >= 0.3 is 0 Å². The van der Waals surface area contributed by atoms with Crippen molar-refractivity contribution in [2.24, 2.45) is 7.05 Å². The van der Waals surface area contributed by atoms with Crippen molar-refractivity contribution in [3.05, 3.63) is 88.2 Å². The van der Waals surface area contributed by atoms with Gasteiger partial charge in [0.25, 0.3) is 0 Å². The molecule has 0 saturated carbocycles. The number of amides is 2. The van der Waals surface area contributed by atoms with Crippen molar-refractivity contribution in [1.29, 1.82) is 0 Å². The van der Waals surface area contributed by atoms with Crippen LogP contribution in [0.1, 0.15) is 36.8 Å². The summed E-state index contributed by atoms with van der Waals surface area (Å²) in [5.41, 5.74) is 7.54. The molecule has 2 unspecified atom stereocenters. The Morgan fingerprint density at radius 1 is 0.860 bits per heavy atom. The first kappa shape index (κ1) is 34.0. The first-order chi connectivity index (χ1) is 24.3. The third-order valence-electron chi connectivity index (χ3n) is 9.50. The molecule has 0 radical (unpaired) electrons. The summed E-state index contributed by atoms with van der Waals surface area (Å²) >= 11 is 14.2. The minimum atomic E-state index is 0.107. The van der Waals surface area contributed by atoms with Crippen molar-refractivity contribution < 1.29 is 14.3 Å². The Morgan fingerprint density at radius 2 is 1.54 bits per heavy atom. The molecule has 50 heavy (non-hydrogen) atoms. The number of aryl methyl sites for hydroxylation is 1. The van der Waals surface area contributed by atoms with Crippen LogP contribution in [0.2, 0.25) is 10.0 Å². The van der Waals surface area contributed by atoms with Crippen molar-refractivity contribution in [2.45, 2.75) is 50.9 Å². The number of methoxy groups -OCH3 is 1. The van der Waals surface area contributed by atoms with Crippen LogP contribution in [0.25, 0.3) is 44.7 Å². The summed E-state index contributed by atoms with van der Waals surface area (Å²) in [4.78, 5) is 32.7. The number of nitrogens with one attached hydrogen (secondary N) is 4. The molecule has 5 aromatic rings. The lowest BCUT2D eigenvalue weighted by Crippen LogP contribution is -2.35. The topological polar surface area (TPSA) is 122 Å². The number of hydrogen-bond acceptors (Lipinski definition) is 7. The van der Waals surface area contributed by atoms with Crippen molar-refractivity contribution in [3.63, 3.8) is 0 Å². The van der Waals surface area contributed by atoms with E-state index in [9.17, 15) is 9.59 Å². The average molecular weight is 713 g/mol. The van der Waals surface area contributed by atoms with Crippen LogP contribution in [-0.2, 0) is 29.7 Å². The second kappa shape index (κ2) is 14.8. The van der Waals surface area contributed by atoms with E-state index in [4.69, 9.17) is 32.9 Å². The maximum absolute atomic E-state index is 11.5. The zero-order valence-corrected chi connectivity index (χ0v) is 29.5. The summed E-state index contributed by atoms with van der Waals surface area (Å²) in [6.07, 6.45) is 6.71. The first-order valence-electron chi connectivity index (χ1n) is 16.8. The molecule has 0 aliphatic carbocycles. The number of carbonyl (C=O) groups excluding carboxylic acids is 2. The van der Waals surface area contributed by atoms with Gasteiger partial charge in [-0.2, -0.15) is 0 Å². The fourth-order valence-electron chi connectivity index (χ4n) is 6.87. The molecule has 5 heterocycles. The fourth-order valence-corrected chi connectivity index (χ4v) is 7.52. The highest BCUT2D eigenvalue weighted by molar-refractivity contribution is 6.39. The minimum Gasteiger partial charge on any atom is -0.496 e. The molecule has 2 aliphatic rings. The maximum atomic E-state index is 11.5. The highest BCUT2D eigenvalue weighted by Crippen LogP contribution is 2.42. The van der Waals surface area contributed by atoms with E-state index in [1.807, 2.05) is 60.1 Å². The largest absolute Gasteiger partial charge is 0.496 e. The lowest BCUT2D eigenvalue weighted by molar-refractivity contribution is -0.120. The normalized spacial score (nSPS) is 17.4. The molecule has 12 heteroatoms. The standard InChI is InChI=1S/C38H39Cl2N7O3/c1-47-21-24(18-42-20-26-9-13-34(49)45-26)27-10-11-31(46-38(27)47)30-5-3-4-28(35(30)39)29-14-15-43-37(36(29)40)22-6-7-23(32(16-22)50-2)17-41-19-25-8-12-33(48)44-25/h3-7,10-11,14-16,21,25-26,41-42H,8-9,12-13,17-20H2,1-2H3,(H,44,48)(H,45,49). The Morgan fingerprint density at radius 3 is 2.22 bits per heavy atom. The molecule has 7 rings (SSSR count). The molecule has 2 fully saturated rings. The van der Waals surface area contributed by atoms with E-state index in [-0.39, 0.29) is 23.9 Å². The van der Waals surface area contributed by atoms with Crippen LogP contribution in [0.3, 0.4) is 0 Å². The molecule has 2 amide bonds. The number of pyridine rings is 2. The highest BCUT2D eigenvalue weighted by atomic mass is 35.5. The summed E-state index contributed by atoms with van der Waals surface area (Å²) < 4.78 is 7.77. The summed E-state index contributed by atoms with van der Waals surface area (Å²) in [6, 6.07) is 18.1. The van der Waals surface area contributed by atoms with Crippen molar-refractivity contribution >= 4 is 46.0 Å². The predicted molar refractivity (Wildman–Crippen MR) is 197 cm³/mol. The number of hydrogen-bond donors (Lipinski definition) is 4. The van der Waals surface area contributed by atoms with Gasteiger partial charge in [0.2, 0.25) is 11.8 Å². The number of carbonyl (C=O) groups is 2. The van der Waals surface area contributed by atoms with Gasteiger partial charge in [0, 0.05) is 104 Å². The van der Waals surface area contributed by atoms with Crippen molar-refractivity contribution in [3.8, 4) is 39.4 Å². The van der Waals surface area contributed by atoms with Crippen LogP contribution in [0, 0.1) is 0 Å². The van der Waals surface area contributed by atoms with Gasteiger partial charge in [-0.1, -0.05) is 53.5 Å². The summed E-state index contributed by atoms with van der Waals surface area (Å²) in [5.74, 6) is 0.949. The second-order valence-electron chi connectivity index (χ2n) is 12.9. The number of ether oxygens (including phenoxy) is 1. The number of nitrogens with zero attached hydrogens (tertiary/aromatic N) is 3. The van der Waals surface area contributed by atoms with Gasteiger partial charge in [0.05, 0.1) is 28.5 Å². The molecule has 0 spiro atoms. The molecular formula is C38H39Cl2N7O3. The van der Waals surface area contributed by atoms with Crippen LogP contribution in [0.4, 0.5) is 0 Å². The molecule has 2 saturated heterocycles. The number of aromatic nitrogens is 3. The first-order valence-corrected chi connectivity index (χ1v) is 17.6. The van der Waals surface area contributed by atoms with Crippen LogP contribution >= 0.6 is 23.2 Å². The number of fused-ring (bicyclic) bond motifs is 1. The zero-order valence-electron chi connectivity index (χ0n) is 28.0. The van der Waals surface area contributed by atoms with E-state index in [1.54, 1.807) is 13.3 Å². The SMILES string of the molecule is COc1cc(-c2nccc(-c3cccc(-c4ccc5c(CNCC6CCC(=O)N6)cn(C)c5n4)c3Cl)c2Cl)ccc1CNCC1CCC(=O)N1. The van der Waals surface area contributed by atoms with E-state index in [2.05, 4.69) is 38.5 Å². The Balaban J connectivity index is 1.11. The molecular weight excluding hydrogens is 673 g/mol. The molecule has 2 atom stereocenters. The fraction of sp³-hybridized carbons (Fsp3) is 0.316. The van der Waals surface area contributed by atoms with E-state index in [0.29, 0.717) is 48.2 Å². The van der Waals surface area contributed by atoms with Crippen molar-refractivity contribution in [2.75, 3.05) is 20.2 Å². The van der Waals surface area contributed by atoms with Gasteiger partial charge < -0.3 is 30.6 Å². The summed E-state index contributed by atoms with van der Waals surface area (Å²) in [5, 5.41) is 15.0. The lowest BCUT2D eigenvalue weighted by atomic mass is 9.99. The van der Waals surface area contributed by atoms with Gasteiger partial charge in [-0.15, -0.1) is 0 Å². The quantitative estimate of drug-likeness (QED) is 0.125. The van der Waals surface area contributed by atoms with Crippen LogP contribution in [0.5, 0.6) is 5.75 Å². The van der Waals surface area contributed by atoms with E-state index < -0.39 is 0 Å². The minimum absolute atomic E-state index is 0.107. The highest BCUT2D eigenvalue weighted by Gasteiger charge is 2.22. The Labute approximate surface area is 300 Å². The predicted octanol–water partition coefficient (Wildman–Crippen LogP) is 6.02. The Bertz CT molecular complexity index is 2080. The van der Waals surface area contributed by atoms with Gasteiger partial charge in [0.15, 0.2) is 0 Å². The molecule has 258 valence electrons. The molecule has 4 N–H and O–H groups in total. The number of halogens is 2. The van der Waals surface area contributed by atoms with Gasteiger partial charge in [-0.05, 0) is 42.7 Å². The number of benzene rings is 2. The van der Waals surface area contributed by atoms with Crippen LogP contribution < -0.4 is 26.0 Å². The molecule has 0 bridgehead atoms. The third-order valence-corrected chi connectivity index (χ3v) is 10.3. The zero-order chi connectivity index (χ0) is 34.8. The van der Waals surface area contributed by atoms with E-state index in [0.717, 1.165) is 75.2 Å². The Hall–Kier alpha value is -4.48. The molecule has 3 aromatic heterocycles. The van der Waals surface area contributed by atoms with Gasteiger partial charge in [0.1, 0.15) is 11.4 Å². The van der Waals surface area contributed by atoms with Gasteiger partial charge in [-0.25, -0.2) is 4.98 Å². The maximum Gasteiger partial charge on any atom is 0.220 e. The number of rotatable bonds is 12. The summed E-state index contributed by atoms with van der Waals surface area (Å²) in [7, 11) is 3.64. The van der Waals surface area contributed by atoms with Crippen LogP contribution in [-0.4, -0.2) is 58.6 Å². The smallest absolute Gasteiger partial charge is 0.220 e. The molecule has 2 aromatic carbocycles. The van der Waals surface area contributed by atoms with E-state index >= 15 is 0 Å². The van der Waals surface area contributed by atoms with Crippen LogP contribution in [0.15, 0.2) is 67.0 Å².